The first-order chi connectivity index (χ1) is 12.0. The van der Waals surface area contributed by atoms with Gasteiger partial charge in [0.25, 0.3) is 0 Å². The van der Waals surface area contributed by atoms with E-state index < -0.39 is 0 Å². The van der Waals surface area contributed by atoms with Crippen LogP contribution in [0.2, 0.25) is 0 Å². The van der Waals surface area contributed by atoms with Gasteiger partial charge in [0.05, 0.1) is 17.7 Å². The lowest BCUT2D eigenvalue weighted by Crippen LogP contribution is -2.30. The number of rotatable bonds is 2. The summed E-state index contributed by atoms with van der Waals surface area (Å²) in [6, 6.07) is 12.6. The Hall–Kier alpha value is -2.77. The van der Waals surface area contributed by atoms with Crippen LogP contribution < -0.4 is 5.73 Å². The fraction of sp³-hybridized carbons (Fsp3) is 0.286. The highest BCUT2D eigenvalue weighted by atomic mass is 16.3. The number of hydrogen-bond acceptors (Lipinski definition) is 3. The number of aromatic nitrogens is 1. The third-order valence-corrected chi connectivity index (χ3v) is 5.45. The van der Waals surface area contributed by atoms with E-state index in [4.69, 9.17) is 5.73 Å². The molecular weight excluding hydrogens is 310 g/mol. The van der Waals surface area contributed by atoms with Crippen LogP contribution in [0.15, 0.2) is 36.5 Å². The van der Waals surface area contributed by atoms with Crippen molar-refractivity contribution in [1.82, 2.24) is 4.57 Å². The van der Waals surface area contributed by atoms with Gasteiger partial charge in [0.2, 0.25) is 0 Å². The molecule has 4 rings (SSSR count). The van der Waals surface area contributed by atoms with Gasteiger partial charge in [0.1, 0.15) is 0 Å². The standard InChI is InChI=1S/C21H21N3O/c1-12-6-21-18(7-14(12)10-22)19(11-24(21)15-8-16(25)9-15)17-4-3-5-20(23)13(17)2/h3-7,11,15-16,25H,8-9,23H2,1-2H3/t15-,16+. The SMILES string of the molecule is Cc1cc2c(cc1C#N)c(-c1cccc(N)c1C)cn2[C@H]1C[C@@H](O)C1. The van der Waals surface area contributed by atoms with Gasteiger partial charge in [-0.1, -0.05) is 12.1 Å². The molecule has 2 aromatic carbocycles. The summed E-state index contributed by atoms with van der Waals surface area (Å²) in [5.74, 6) is 0. The van der Waals surface area contributed by atoms with Gasteiger partial charge in [-0.25, -0.2) is 0 Å². The molecule has 1 fully saturated rings. The van der Waals surface area contributed by atoms with Crippen molar-refractivity contribution in [2.24, 2.45) is 0 Å². The third kappa shape index (κ3) is 2.40. The molecule has 3 N–H and O–H groups in total. The van der Waals surface area contributed by atoms with Gasteiger partial charge in [-0.2, -0.15) is 5.26 Å². The van der Waals surface area contributed by atoms with E-state index in [1.807, 2.05) is 32.0 Å². The molecular formula is C21H21N3O. The molecule has 0 aliphatic heterocycles. The summed E-state index contributed by atoms with van der Waals surface area (Å²) in [4.78, 5) is 0. The highest BCUT2D eigenvalue weighted by Gasteiger charge is 2.30. The molecule has 25 heavy (non-hydrogen) atoms. The molecule has 0 saturated heterocycles. The quantitative estimate of drug-likeness (QED) is 0.695. The highest BCUT2D eigenvalue weighted by molar-refractivity contribution is 5.98. The summed E-state index contributed by atoms with van der Waals surface area (Å²) in [5.41, 5.74) is 12.9. The van der Waals surface area contributed by atoms with Crippen LogP contribution in [-0.2, 0) is 0 Å². The number of aliphatic hydroxyl groups excluding tert-OH is 1. The average Bonchev–Trinajstić information content (AvgIpc) is 2.91. The Balaban J connectivity index is 2.00. The van der Waals surface area contributed by atoms with E-state index in [-0.39, 0.29) is 6.10 Å². The van der Waals surface area contributed by atoms with Crippen LogP contribution >= 0.6 is 0 Å². The molecule has 4 nitrogen and oxygen atoms in total. The van der Waals surface area contributed by atoms with E-state index >= 15 is 0 Å². The minimum absolute atomic E-state index is 0.209. The van der Waals surface area contributed by atoms with Crippen LogP contribution in [0.1, 0.15) is 35.6 Å². The fourth-order valence-electron chi connectivity index (χ4n) is 3.77. The number of nitrogens with zero attached hydrogens (tertiary/aromatic N) is 2. The minimum Gasteiger partial charge on any atom is -0.398 e. The normalized spacial score (nSPS) is 19.6. The van der Waals surface area contributed by atoms with Crippen LogP contribution in [-0.4, -0.2) is 15.8 Å². The fourth-order valence-corrected chi connectivity index (χ4v) is 3.77. The van der Waals surface area contributed by atoms with Gasteiger partial charge in [-0.3, -0.25) is 0 Å². The summed E-state index contributed by atoms with van der Waals surface area (Å²) in [6.07, 6.45) is 3.50. The first-order valence-corrected chi connectivity index (χ1v) is 8.58. The smallest absolute Gasteiger partial charge is 0.0994 e. The maximum absolute atomic E-state index is 9.72. The van der Waals surface area contributed by atoms with Gasteiger partial charge in [-0.05, 0) is 61.6 Å². The van der Waals surface area contributed by atoms with Crippen molar-refractivity contribution in [3.63, 3.8) is 0 Å². The van der Waals surface area contributed by atoms with Gasteiger partial charge in [-0.15, -0.1) is 0 Å². The lowest BCUT2D eigenvalue weighted by atomic mass is 9.89. The maximum Gasteiger partial charge on any atom is 0.0994 e. The Kier molecular flexibility index (Phi) is 3.55. The van der Waals surface area contributed by atoms with Crippen molar-refractivity contribution in [1.29, 1.82) is 5.26 Å². The second-order valence-electron chi connectivity index (χ2n) is 7.04. The van der Waals surface area contributed by atoms with E-state index in [2.05, 4.69) is 29.0 Å². The molecule has 1 aromatic heterocycles. The molecule has 4 heteroatoms. The third-order valence-electron chi connectivity index (χ3n) is 5.45. The van der Waals surface area contributed by atoms with Crippen molar-refractivity contribution in [3.8, 4) is 17.2 Å². The topological polar surface area (TPSA) is 75.0 Å². The molecule has 1 heterocycles. The monoisotopic (exact) mass is 331 g/mol. The van der Waals surface area contributed by atoms with Crippen molar-refractivity contribution in [3.05, 3.63) is 53.2 Å². The van der Waals surface area contributed by atoms with E-state index in [1.165, 1.54) is 0 Å². The van der Waals surface area contributed by atoms with Crippen molar-refractivity contribution in [2.45, 2.75) is 38.8 Å². The predicted octanol–water partition coefficient (Wildman–Crippen LogP) is 4.07. The number of benzene rings is 2. The first-order valence-electron chi connectivity index (χ1n) is 8.58. The zero-order valence-corrected chi connectivity index (χ0v) is 14.5. The Morgan fingerprint density at radius 3 is 2.64 bits per heavy atom. The Morgan fingerprint density at radius 2 is 1.96 bits per heavy atom. The summed E-state index contributed by atoms with van der Waals surface area (Å²) in [7, 11) is 0. The molecule has 0 atom stereocenters. The number of nitriles is 1. The van der Waals surface area contributed by atoms with Crippen LogP contribution in [0, 0.1) is 25.2 Å². The maximum atomic E-state index is 9.72. The van der Waals surface area contributed by atoms with Crippen molar-refractivity contribution in [2.75, 3.05) is 5.73 Å². The van der Waals surface area contributed by atoms with Gasteiger partial charge in [0.15, 0.2) is 0 Å². The van der Waals surface area contributed by atoms with Crippen LogP contribution in [0.3, 0.4) is 0 Å². The van der Waals surface area contributed by atoms with Crippen molar-refractivity contribution < 1.29 is 5.11 Å². The Morgan fingerprint density at radius 1 is 1.20 bits per heavy atom. The molecule has 1 aliphatic carbocycles. The summed E-state index contributed by atoms with van der Waals surface area (Å²) in [5, 5.41) is 20.2. The molecule has 3 aromatic rings. The molecule has 0 unspecified atom stereocenters. The lowest BCUT2D eigenvalue weighted by Gasteiger charge is -2.33. The number of fused-ring (bicyclic) bond motifs is 1. The van der Waals surface area contributed by atoms with Crippen LogP contribution in [0.25, 0.3) is 22.0 Å². The summed E-state index contributed by atoms with van der Waals surface area (Å²) < 4.78 is 2.26. The molecule has 0 spiro atoms. The van der Waals surface area contributed by atoms with Gasteiger partial charge in [0, 0.05) is 34.4 Å². The van der Waals surface area contributed by atoms with Gasteiger partial charge < -0.3 is 15.4 Å². The molecule has 126 valence electrons. The number of nitrogens with two attached hydrogens (primary N) is 1. The second-order valence-corrected chi connectivity index (χ2v) is 7.04. The Bertz CT molecular complexity index is 1020. The van der Waals surface area contributed by atoms with Gasteiger partial charge >= 0.3 is 0 Å². The Labute approximate surface area is 147 Å². The number of aliphatic hydroxyl groups is 1. The zero-order valence-electron chi connectivity index (χ0n) is 14.5. The van der Waals surface area contributed by atoms with Crippen molar-refractivity contribution >= 4 is 16.6 Å². The molecule has 0 radical (unpaired) electrons. The predicted molar refractivity (Wildman–Crippen MR) is 100 cm³/mol. The van der Waals surface area contributed by atoms with Crippen LogP contribution in [0.4, 0.5) is 5.69 Å². The summed E-state index contributed by atoms with van der Waals surface area (Å²) in [6.45, 7) is 4.00. The zero-order chi connectivity index (χ0) is 17.7. The van der Waals surface area contributed by atoms with E-state index in [1.54, 1.807) is 0 Å². The second kappa shape index (κ2) is 5.65. The lowest BCUT2D eigenvalue weighted by molar-refractivity contribution is 0.0504. The first kappa shape index (κ1) is 15.7. The number of anilines is 1. The minimum atomic E-state index is -0.209. The molecule has 1 aliphatic rings. The van der Waals surface area contributed by atoms with E-state index in [9.17, 15) is 10.4 Å². The van der Waals surface area contributed by atoms with Crippen LogP contribution in [0.5, 0.6) is 0 Å². The molecule has 1 saturated carbocycles. The number of aryl methyl sites for hydroxylation is 1. The molecule has 0 bridgehead atoms. The average molecular weight is 331 g/mol. The van der Waals surface area contributed by atoms with E-state index in [0.29, 0.717) is 11.6 Å². The summed E-state index contributed by atoms with van der Waals surface area (Å²) >= 11 is 0. The highest BCUT2D eigenvalue weighted by Crippen LogP contribution is 2.41. The largest absolute Gasteiger partial charge is 0.398 e. The number of hydrogen-bond donors (Lipinski definition) is 2. The number of nitrogen functional groups attached to an aromatic ring is 1. The molecule has 0 amide bonds. The van der Waals surface area contributed by atoms with E-state index in [0.717, 1.165) is 51.7 Å².